The highest BCUT2D eigenvalue weighted by Gasteiger charge is 2.32. The van der Waals surface area contributed by atoms with Crippen molar-refractivity contribution in [2.75, 3.05) is 18.5 Å². The molecule has 20 heavy (non-hydrogen) atoms. The minimum Gasteiger partial charge on any atom is -0.350 e. The number of amides is 2. The summed E-state index contributed by atoms with van der Waals surface area (Å²) < 4.78 is 0. The van der Waals surface area contributed by atoms with Crippen LogP contribution in [0.5, 0.6) is 0 Å². The van der Waals surface area contributed by atoms with Crippen molar-refractivity contribution >= 4 is 17.5 Å². The standard InChI is InChI=1S/C15H21N3O2/c1-4-13-15(20)17-14(19)9-18(13)12-7-5-11(6-8-12)10(2)16-3/h5-8,10,13,16H,4,9H2,1-3H3,(H,17,19,20). The summed E-state index contributed by atoms with van der Waals surface area (Å²) in [4.78, 5) is 25.3. The zero-order valence-electron chi connectivity index (χ0n) is 12.1. The average Bonchev–Trinajstić information content (AvgIpc) is 2.46. The van der Waals surface area contributed by atoms with Crippen LogP contribution in [0.3, 0.4) is 0 Å². The van der Waals surface area contributed by atoms with Gasteiger partial charge in [0.1, 0.15) is 6.04 Å². The molecule has 1 heterocycles. The van der Waals surface area contributed by atoms with E-state index in [0.29, 0.717) is 6.42 Å². The molecule has 2 atom stereocenters. The molecule has 0 spiro atoms. The minimum atomic E-state index is -0.278. The predicted octanol–water partition coefficient (Wildman–Crippen LogP) is 1.21. The maximum absolute atomic E-state index is 11.9. The van der Waals surface area contributed by atoms with Gasteiger partial charge in [-0.1, -0.05) is 19.1 Å². The molecule has 0 aromatic heterocycles. The van der Waals surface area contributed by atoms with E-state index in [-0.39, 0.29) is 30.4 Å². The molecule has 1 aromatic rings. The zero-order chi connectivity index (χ0) is 14.7. The Labute approximate surface area is 119 Å². The molecule has 0 saturated carbocycles. The Bertz CT molecular complexity index is 498. The Hall–Kier alpha value is -1.88. The highest BCUT2D eigenvalue weighted by Crippen LogP contribution is 2.23. The molecule has 2 unspecified atom stereocenters. The number of hydrogen-bond donors (Lipinski definition) is 2. The maximum Gasteiger partial charge on any atom is 0.249 e. The third-order valence-corrected chi connectivity index (χ3v) is 3.80. The summed E-state index contributed by atoms with van der Waals surface area (Å²) in [5.74, 6) is -0.455. The molecule has 1 aliphatic rings. The van der Waals surface area contributed by atoms with Crippen molar-refractivity contribution < 1.29 is 9.59 Å². The van der Waals surface area contributed by atoms with Crippen LogP contribution >= 0.6 is 0 Å². The van der Waals surface area contributed by atoms with Gasteiger partial charge in [0.15, 0.2) is 0 Å². The molecule has 108 valence electrons. The van der Waals surface area contributed by atoms with Gasteiger partial charge in [-0.15, -0.1) is 0 Å². The Morgan fingerprint density at radius 2 is 2.00 bits per heavy atom. The van der Waals surface area contributed by atoms with Crippen LogP contribution in [-0.4, -0.2) is 31.4 Å². The number of benzene rings is 1. The second kappa shape index (κ2) is 6.05. The van der Waals surface area contributed by atoms with Gasteiger partial charge in [-0.05, 0) is 38.1 Å². The number of anilines is 1. The van der Waals surface area contributed by atoms with Gasteiger partial charge < -0.3 is 10.2 Å². The summed E-state index contributed by atoms with van der Waals surface area (Å²) in [5.41, 5.74) is 2.09. The Balaban J connectivity index is 2.24. The lowest BCUT2D eigenvalue weighted by molar-refractivity contribution is -0.132. The number of nitrogens with zero attached hydrogens (tertiary/aromatic N) is 1. The molecular formula is C15H21N3O2. The van der Waals surface area contributed by atoms with E-state index in [1.165, 1.54) is 5.56 Å². The third kappa shape index (κ3) is 2.82. The van der Waals surface area contributed by atoms with Crippen molar-refractivity contribution in [3.63, 3.8) is 0 Å². The van der Waals surface area contributed by atoms with Crippen LogP contribution in [0.2, 0.25) is 0 Å². The van der Waals surface area contributed by atoms with Crippen molar-refractivity contribution in [3.8, 4) is 0 Å². The summed E-state index contributed by atoms with van der Waals surface area (Å²) >= 11 is 0. The molecule has 2 amide bonds. The second-order valence-corrected chi connectivity index (χ2v) is 5.07. The monoisotopic (exact) mass is 275 g/mol. The lowest BCUT2D eigenvalue weighted by Gasteiger charge is -2.35. The van der Waals surface area contributed by atoms with E-state index >= 15 is 0 Å². The smallest absolute Gasteiger partial charge is 0.249 e. The van der Waals surface area contributed by atoms with E-state index < -0.39 is 0 Å². The van der Waals surface area contributed by atoms with E-state index in [0.717, 1.165) is 5.69 Å². The van der Waals surface area contributed by atoms with Gasteiger partial charge in [0.2, 0.25) is 11.8 Å². The Morgan fingerprint density at radius 1 is 1.35 bits per heavy atom. The zero-order valence-corrected chi connectivity index (χ0v) is 12.1. The molecule has 0 bridgehead atoms. The van der Waals surface area contributed by atoms with E-state index in [4.69, 9.17) is 0 Å². The molecule has 5 nitrogen and oxygen atoms in total. The van der Waals surface area contributed by atoms with Crippen LogP contribution in [0.15, 0.2) is 24.3 Å². The van der Waals surface area contributed by atoms with Crippen LogP contribution in [-0.2, 0) is 9.59 Å². The molecule has 1 fully saturated rings. The molecule has 0 radical (unpaired) electrons. The van der Waals surface area contributed by atoms with Gasteiger partial charge in [-0.3, -0.25) is 14.9 Å². The number of nitrogens with one attached hydrogen (secondary N) is 2. The number of carbonyl (C=O) groups excluding carboxylic acids is 2. The fourth-order valence-electron chi connectivity index (χ4n) is 2.46. The van der Waals surface area contributed by atoms with Crippen LogP contribution in [0.25, 0.3) is 0 Å². The van der Waals surface area contributed by atoms with Crippen molar-refractivity contribution in [2.45, 2.75) is 32.4 Å². The molecule has 1 aliphatic heterocycles. The first kappa shape index (κ1) is 14.5. The lowest BCUT2D eigenvalue weighted by atomic mass is 10.1. The number of imide groups is 1. The predicted molar refractivity (Wildman–Crippen MR) is 78.5 cm³/mol. The molecular weight excluding hydrogens is 254 g/mol. The molecule has 0 aliphatic carbocycles. The molecule has 1 saturated heterocycles. The number of hydrogen-bond acceptors (Lipinski definition) is 4. The summed E-state index contributed by atoms with van der Waals surface area (Å²) in [6.45, 7) is 4.26. The molecule has 2 rings (SSSR count). The van der Waals surface area contributed by atoms with Crippen LogP contribution in [0.1, 0.15) is 31.9 Å². The number of rotatable bonds is 4. The largest absolute Gasteiger partial charge is 0.350 e. The Morgan fingerprint density at radius 3 is 2.55 bits per heavy atom. The first-order valence-corrected chi connectivity index (χ1v) is 6.94. The topological polar surface area (TPSA) is 61.4 Å². The molecule has 2 N–H and O–H groups in total. The van der Waals surface area contributed by atoms with Crippen molar-refractivity contribution in [1.82, 2.24) is 10.6 Å². The third-order valence-electron chi connectivity index (χ3n) is 3.80. The summed E-state index contributed by atoms with van der Waals surface area (Å²) in [7, 11) is 1.92. The van der Waals surface area contributed by atoms with Crippen LogP contribution in [0, 0.1) is 0 Å². The van der Waals surface area contributed by atoms with E-state index in [9.17, 15) is 9.59 Å². The SMILES string of the molecule is CCC1C(=O)NC(=O)CN1c1ccc(C(C)NC)cc1. The van der Waals surface area contributed by atoms with Crippen molar-refractivity contribution in [1.29, 1.82) is 0 Å². The summed E-state index contributed by atoms with van der Waals surface area (Å²) in [5, 5.41) is 5.57. The Kier molecular flexibility index (Phi) is 4.39. The van der Waals surface area contributed by atoms with Gasteiger partial charge in [-0.25, -0.2) is 0 Å². The first-order valence-electron chi connectivity index (χ1n) is 6.94. The average molecular weight is 275 g/mol. The van der Waals surface area contributed by atoms with Gasteiger partial charge in [0, 0.05) is 11.7 Å². The lowest BCUT2D eigenvalue weighted by Crippen LogP contribution is -2.58. The van der Waals surface area contributed by atoms with Crippen LogP contribution in [0.4, 0.5) is 5.69 Å². The normalized spacial score (nSPS) is 20.8. The fraction of sp³-hybridized carbons (Fsp3) is 0.467. The summed E-state index contributed by atoms with van der Waals surface area (Å²) in [6, 6.07) is 7.99. The van der Waals surface area contributed by atoms with E-state index in [2.05, 4.69) is 17.6 Å². The highest BCUT2D eigenvalue weighted by molar-refractivity contribution is 6.04. The molecule has 5 heteroatoms. The first-order chi connectivity index (χ1) is 9.56. The van der Waals surface area contributed by atoms with Gasteiger partial charge in [-0.2, -0.15) is 0 Å². The number of carbonyl (C=O) groups is 2. The van der Waals surface area contributed by atoms with Gasteiger partial charge in [0.25, 0.3) is 0 Å². The van der Waals surface area contributed by atoms with Crippen molar-refractivity contribution in [2.24, 2.45) is 0 Å². The van der Waals surface area contributed by atoms with Crippen molar-refractivity contribution in [3.05, 3.63) is 29.8 Å². The molecule has 1 aromatic carbocycles. The number of piperazine rings is 1. The second-order valence-electron chi connectivity index (χ2n) is 5.07. The van der Waals surface area contributed by atoms with E-state index in [1.807, 2.05) is 43.1 Å². The fourth-order valence-corrected chi connectivity index (χ4v) is 2.46. The van der Waals surface area contributed by atoms with Gasteiger partial charge >= 0.3 is 0 Å². The van der Waals surface area contributed by atoms with Gasteiger partial charge in [0.05, 0.1) is 6.54 Å². The maximum atomic E-state index is 11.9. The quantitative estimate of drug-likeness (QED) is 0.811. The highest BCUT2D eigenvalue weighted by atomic mass is 16.2. The minimum absolute atomic E-state index is 0.212. The summed E-state index contributed by atoms with van der Waals surface area (Å²) in [6.07, 6.45) is 0.674. The van der Waals surface area contributed by atoms with E-state index in [1.54, 1.807) is 0 Å². The van der Waals surface area contributed by atoms with Crippen LogP contribution < -0.4 is 15.5 Å².